The minimum absolute atomic E-state index is 0.506. The van der Waals surface area contributed by atoms with Crippen molar-refractivity contribution in [2.45, 2.75) is 0 Å². The molecule has 8 heteroatoms. The van der Waals surface area contributed by atoms with E-state index in [0.29, 0.717) is 34.4 Å². The topological polar surface area (TPSA) is 75.0 Å². The van der Waals surface area contributed by atoms with Gasteiger partial charge < -0.3 is 23.5 Å². The molecule has 142 valence electrons. The molecule has 0 aliphatic heterocycles. The molecule has 0 radical (unpaired) electrons. The fraction of sp³-hybridized carbons (Fsp3) is 0.211. The van der Waals surface area contributed by atoms with Gasteiger partial charge in [-0.05, 0) is 29.8 Å². The second kappa shape index (κ2) is 8.09. The van der Waals surface area contributed by atoms with Crippen LogP contribution in [0.4, 0.5) is 5.69 Å². The van der Waals surface area contributed by atoms with Crippen LogP contribution in [0, 0.1) is 0 Å². The lowest BCUT2D eigenvalue weighted by atomic mass is 10.0. The molecule has 2 aromatic carbocycles. The van der Waals surface area contributed by atoms with Crippen LogP contribution in [0.5, 0.6) is 23.0 Å². The van der Waals surface area contributed by atoms with E-state index < -0.39 is 0 Å². The molecule has 0 amide bonds. The molecule has 27 heavy (non-hydrogen) atoms. The Morgan fingerprint density at radius 3 is 2.07 bits per heavy atom. The zero-order valence-electron chi connectivity index (χ0n) is 15.3. The number of anilines is 1. The Morgan fingerprint density at radius 1 is 0.852 bits per heavy atom. The molecule has 0 saturated carbocycles. The standard InChI is InChI=1S/C19H19ClN2O5/c1-23-15-6-5-11(7-14(15)21-20)13-10-27-22-18(13)12-8-16(24-2)19(26-4)17(9-12)25-3/h5-10,21H,1-4H3. The van der Waals surface area contributed by atoms with Gasteiger partial charge in [0, 0.05) is 22.9 Å². The third-order valence-electron chi connectivity index (χ3n) is 4.12. The van der Waals surface area contributed by atoms with Gasteiger partial charge in [-0.15, -0.1) is 0 Å². The molecule has 0 bridgehead atoms. The van der Waals surface area contributed by atoms with Gasteiger partial charge in [0.05, 0.1) is 34.1 Å². The van der Waals surface area contributed by atoms with Crippen LogP contribution in [-0.4, -0.2) is 33.6 Å². The van der Waals surface area contributed by atoms with Crippen LogP contribution in [0.1, 0.15) is 0 Å². The molecule has 0 aliphatic carbocycles. The lowest BCUT2D eigenvalue weighted by Gasteiger charge is -2.14. The first-order chi connectivity index (χ1) is 13.2. The Labute approximate surface area is 161 Å². The fourth-order valence-electron chi connectivity index (χ4n) is 2.82. The maximum absolute atomic E-state index is 5.80. The molecule has 0 aliphatic rings. The molecular weight excluding hydrogens is 372 g/mol. The van der Waals surface area contributed by atoms with Crippen molar-refractivity contribution in [1.82, 2.24) is 5.16 Å². The lowest BCUT2D eigenvalue weighted by Crippen LogP contribution is -1.96. The van der Waals surface area contributed by atoms with E-state index in [1.807, 2.05) is 30.3 Å². The number of aromatic nitrogens is 1. The Balaban J connectivity index is 2.13. The molecule has 1 heterocycles. The maximum Gasteiger partial charge on any atom is 0.203 e. The molecule has 1 aromatic heterocycles. The van der Waals surface area contributed by atoms with Crippen LogP contribution < -0.4 is 23.8 Å². The molecule has 0 fully saturated rings. The lowest BCUT2D eigenvalue weighted by molar-refractivity contribution is 0.324. The summed E-state index contributed by atoms with van der Waals surface area (Å²) in [5.74, 6) is 2.18. The predicted molar refractivity (Wildman–Crippen MR) is 103 cm³/mol. The summed E-state index contributed by atoms with van der Waals surface area (Å²) in [7, 11) is 6.26. The van der Waals surface area contributed by atoms with Gasteiger partial charge in [0.2, 0.25) is 5.75 Å². The average molecular weight is 391 g/mol. The number of methoxy groups -OCH3 is 4. The molecule has 0 atom stereocenters. The smallest absolute Gasteiger partial charge is 0.203 e. The van der Waals surface area contributed by atoms with Gasteiger partial charge in [0.25, 0.3) is 0 Å². The van der Waals surface area contributed by atoms with E-state index in [1.54, 1.807) is 34.7 Å². The second-order valence-corrected chi connectivity index (χ2v) is 5.69. The molecule has 3 rings (SSSR count). The highest BCUT2D eigenvalue weighted by Crippen LogP contribution is 2.43. The zero-order chi connectivity index (χ0) is 19.4. The highest BCUT2D eigenvalue weighted by atomic mass is 35.5. The highest BCUT2D eigenvalue weighted by molar-refractivity contribution is 6.24. The van der Waals surface area contributed by atoms with Crippen LogP contribution in [0.3, 0.4) is 0 Å². The Kier molecular flexibility index (Phi) is 5.61. The van der Waals surface area contributed by atoms with Gasteiger partial charge in [-0.3, -0.25) is 4.84 Å². The average Bonchev–Trinajstić information content (AvgIpc) is 3.21. The van der Waals surface area contributed by atoms with E-state index >= 15 is 0 Å². The fourth-order valence-corrected chi connectivity index (χ4v) is 2.96. The van der Waals surface area contributed by atoms with Crippen molar-refractivity contribution in [2.24, 2.45) is 0 Å². The number of halogens is 1. The van der Waals surface area contributed by atoms with E-state index in [9.17, 15) is 0 Å². The van der Waals surface area contributed by atoms with Gasteiger partial charge in [0.15, 0.2) is 11.5 Å². The summed E-state index contributed by atoms with van der Waals surface area (Å²) in [6, 6.07) is 9.18. The maximum atomic E-state index is 5.80. The number of hydrogen-bond acceptors (Lipinski definition) is 7. The minimum atomic E-state index is 0.506. The van der Waals surface area contributed by atoms with E-state index in [0.717, 1.165) is 16.7 Å². The second-order valence-electron chi connectivity index (χ2n) is 5.50. The quantitative estimate of drug-likeness (QED) is 0.590. The van der Waals surface area contributed by atoms with Crippen molar-refractivity contribution in [2.75, 3.05) is 33.3 Å². The number of rotatable bonds is 7. The first-order valence-corrected chi connectivity index (χ1v) is 8.34. The van der Waals surface area contributed by atoms with Crippen molar-refractivity contribution < 1.29 is 23.5 Å². The molecular formula is C19H19ClN2O5. The number of nitrogens with zero attached hydrogens (tertiary/aromatic N) is 1. The van der Waals surface area contributed by atoms with Gasteiger partial charge in [0.1, 0.15) is 17.7 Å². The monoisotopic (exact) mass is 390 g/mol. The van der Waals surface area contributed by atoms with Crippen LogP contribution in [-0.2, 0) is 0 Å². The minimum Gasteiger partial charge on any atom is -0.495 e. The summed E-state index contributed by atoms with van der Waals surface area (Å²) in [6.07, 6.45) is 1.57. The van der Waals surface area contributed by atoms with E-state index in [1.165, 1.54) is 0 Å². The predicted octanol–water partition coefficient (Wildman–Crippen LogP) is 4.61. The van der Waals surface area contributed by atoms with Gasteiger partial charge in [-0.25, -0.2) is 0 Å². The molecule has 7 nitrogen and oxygen atoms in total. The van der Waals surface area contributed by atoms with Crippen LogP contribution in [0.15, 0.2) is 41.1 Å². The Bertz CT molecular complexity index is 917. The first-order valence-electron chi connectivity index (χ1n) is 7.96. The summed E-state index contributed by atoms with van der Waals surface area (Å²) in [6.45, 7) is 0. The number of benzene rings is 2. The number of nitrogens with one attached hydrogen (secondary N) is 1. The summed E-state index contributed by atoms with van der Waals surface area (Å²) < 4.78 is 26.7. The molecule has 0 saturated heterocycles. The van der Waals surface area contributed by atoms with E-state index in [-0.39, 0.29) is 0 Å². The SMILES string of the molecule is COc1ccc(-c2conc2-c2cc(OC)c(OC)c(OC)c2)cc1NCl. The van der Waals surface area contributed by atoms with E-state index in [2.05, 4.69) is 9.99 Å². The third kappa shape index (κ3) is 3.46. The molecule has 3 aromatic rings. The van der Waals surface area contributed by atoms with Crippen molar-refractivity contribution >= 4 is 17.5 Å². The zero-order valence-corrected chi connectivity index (χ0v) is 16.1. The summed E-state index contributed by atoms with van der Waals surface area (Å²) in [4.78, 5) is 2.60. The Morgan fingerprint density at radius 2 is 1.52 bits per heavy atom. The van der Waals surface area contributed by atoms with Gasteiger partial charge in [-0.1, -0.05) is 11.2 Å². The van der Waals surface area contributed by atoms with Crippen LogP contribution >= 0.6 is 11.8 Å². The molecule has 0 unspecified atom stereocenters. The van der Waals surface area contributed by atoms with Crippen LogP contribution in [0.25, 0.3) is 22.4 Å². The van der Waals surface area contributed by atoms with Crippen molar-refractivity contribution in [3.8, 4) is 45.4 Å². The Hall–Kier alpha value is -3.06. The molecule has 0 spiro atoms. The van der Waals surface area contributed by atoms with Gasteiger partial charge >= 0.3 is 0 Å². The summed E-state index contributed by atoms with van der Waals surface area (Å²) in [5.41, 5.74) is 3.64. The number of ether oxygens (including phenoxy) is 4. The summed E-state index contributed by atoms with van der Waals surface area (Å²) in [5, 5.41) is 4.16. The van der Waals surface area contributed by atoms with E-state index in [4.69, 9.17) is 35.2 Å². The van der Waals surface area contributed by atoms with Gasteiger partial charge in [-0.2, -0.15) is 0 Å². The van der Waals surface area contributed by atoms with Crippen LogP contribution in [0.2, 0.25) is 0 Å². The highest BCUT2D eigenvalue weighted by Gasteiger charge is 2.19. The largest absolute Gasteiger partial charge is 0.495 e. The van der Waals surface area contributed by atoms with Crippen molar-refractivity contribution in [1.29, 1.82) is 0 Å². The van der Waals surface area contributed by atoms with Crippen molar-refractivity contribution in [3.63, 3.8) is 0 Å². The van der Waals surface area contributed by atoms with Crippen molar-refractivity contribution in [3.05, 3.63) is 36.6 Å². The third-order valence-corrected chi connectivity index (χ3v) is 4.32. The summed E-state index contributed by atoms with van der Waals surface area (Å²) >= 11 is 5.80. The normalized spacial score (nSPS) is 10.4. The number of hydrogen-bond donors (Lipinski definition) is 1. The first kappa shape index (κ1) is 18.7. The molecule has 1 N–H and O–H groups in total.